The predicted molar refractivity (Wildman–Crippen MR) is 73.9 cm³/mol. The number of hydrogen-bond acceptors (Lipinski definition) is 4. The molecule has 1 saturated heterocycles. The summed E-state index contributed by atoms with van der Waals surface area (Å²) < 4.78 is 10.5. The van der Waals surface area contributed by atoms with Crippen molar-refractivity contribution in [3.63, 3.8) is 0 Å². The molecule has 1 aliphatic rings. The maximum atomic E-state index is 11.2. The summed E-state index contributed by atoms with van der Waals surface area (Å²) >= 11 is 0. The van der Waals surface area contributed by atoms with Crippen molar-refractivity contribution >= 4 is 5.78 Å². The molecular formula is C15H21NO3. The van der Waals surface area contributed by atoms with Crippen molar-refractivity contribution in [3.8, 4) is 11.5 Å². The molecule has 1 aliphatic heterocycles. The summed E-state index contributed by atoms with van der Waals surface area (Å²) in [6.07, 6.45) is 2.37. The Morgan fingerprint density at radius 3 is 2.42 bits per heavy atom. The van der Waals surface area contributed by atoms with Crippen LogP contribution in [-0.4, -0.2) is 44.5 Å². The predicted octanol–water partition coefficient (Wildman–Crippen LogP) is 1.91. The number of methoxy groups -OCH3 is 2. The maximum Gasteiger partial charge on any atom is 0.160 e. The number of piperidine rings is 1. The number of rotatable bonds is 5. The molecule has 2 rings (SSSR count). The lowest BCUT2D eigenvalue weighted by Gasteiger charge is -2.25. The number of carbonyl (C=O) groups is 1. The molecule has 1 heterocycles. The second kappa shape index (κ2) is 6.57. The first-order chi connectivity index (χ1) is 9.22. The highest BCUT2D eigenvalue weighted by Crippen LogP contribution is 2.27. The lowest BCUT2D eigenvalue weighted by Crippen LogP contribution is -2.35. The van der Waals surface area contributed by atoms with Crippen LogP contribution in [0.1, 0.15) is 18.4 Å². The Morgan fingerprint density at radius 1 is 1.11 bits per heavy atom. The molecular weight excluding hydrogens is 242 g/mol. The summed E-state index contributed by atoms with van der Waals surface area (Å²) in [5.41, 5.74) is 1.23. The Balaban J connectivity index is 1.90. The van der Waals surface area contributed by atoms with Gasteiger partial charge in [-0.1, -0.05) is 6.07 Å². The van der Waals surface area contributed by atoms with Crippen LogP contribution in [-0.2, 0) is 11.2 Å². The van der Waals surface area contributed by atoms with Gasteiger partial charge in [-0.05, 0) is 24.1 Å². The first-order valence-electron chi connectivity index (χ1n) is 6.68. The highest BCUT2D eigenvalue weighted by molar-refractivity contribution is 5.79. The lowest BCUT2D eigenvalue weighted by molar-refractivity contribution is -0.121. The highest BCUT2D eigenvalue weighted by Gasteiger charge is 2.15. The van der Waals surface area contributed by atoms with Gasteiger partial charge >= 0.3 is 0 Å². The van der Waals surface area contributed by atoms with E-state index in [-0.39, 0.29) is 0 Å². The largest absolute Gasteiger partial charge is 0.493 e. The van der Waals surface area contributed by atoms with E-state index in [1.54, 1.807) is 14.2 Å². The van der Waals surface area contributed by atoms with Crippen LogP contribution in [0.3, 0.4) is 0 Å². The SMILES string of the molecule is COc1ccc(CCN2CCC(=O)CC2)cc1OC. The Labute approximate surface area is 114 Å². The van der Waals surface area contributed by atoms with E-state index in [9.17, 15) is 4.79 Å². The number of hydrogen-bond donors (Lipinski definition) is 0. The molecule has 0 aliphatic carbocycles. The van der Waals surface area contributed by atoms with Gasteiger partial charge in [0.15, 0.2) is 11.5 Å². The molecule has 0 spiro atoms. The third kappa shape index (κ3) is 3.70. The molecule has 0 atom stereocenters. The zero-order valence-electron chi connectivity index (χ0n) is 11.6. The number of Topliss-reactive ketones (excluding diaryl/α,β-unsaturated/α-hetero) is 1. The smallest absolute Gasteiger partial charge is 0.160 e. The number of nitrogens with zero attached hydrogens (tertiary/aromatic N) is 1. The maximum absolute atomic E-state index is 11.2. The minimum Gasteiger partial charge on any atom is -0.493 e. The second-order valence-electron chi connectivity index (χ2n) is 4.82. The Kier molecular flexibility index (Phi) is 4.80. The summed E-state index contributed by atoms with van der Waals surface area (Å²) in [4.78, 5) is 13.5. The standard InChI is InChI=1S/C15H21NO3/c1-18-14-4-3-12(11-15(14)19-2)5-8-16-9-6-13(17)7-10-16/h3-4,11H,5-10H2,1-2H3. The van der Waals surface area contributed by atoms with Crippen LogP contribution in [0, 0.1) is 0 Å². The van der Waals surface area contributed by atoms with Crippen LogP contribution >= 0.6 is 0 Å². The third-order valence-corrected chi connectivity index (χ3v) is 3.58. The topological polar surface area (TPSA) is 38.8 Å². The fraction of sp³-hybridized carbons (Fsp3) is 0.533. The van der Waals surface area contributed by atoms with Crippen molar-refractivity contribution in [1.82, 2.24) is 4.90 Å². The van der Waals surface area contributed by atoms with E-state index in [4.69, 9.17) is 9.47 Å². The van der Waals surface area contributed by atoms with E-state index < -0.39 is 0 Å². The van der Waals surface area contributed by atoms with Crippen LogP contribution in [0.15, 0.2) is 18.2 Å². The molecule has 1 aromatic rings. The van der Waals surface area contributed by atoms with Gasteiger partial charge in [-0.25, -0.2) is 0 Å². The fourth-order valence-electron chi connectivity index (χ4n) is 2.35. The molecule has 4 heteroatoms. The van der Waals surface area contributed by atoms with Gasteiger partial charge < -0.3 is 14.4 Å². The number of ketones is 1. The van der Waals surface area contributed by atoms with Crippen molar-refractivity contribution in [2.24, 2.45) is 0 Å². The molecule has 0 aromatic heterocycles. The minimum absolute atomic E-state index is 0.391. The first-order valence-corrected chi connectivity index (χ1v) is 6.68. The van der Waals surface area contributed by atoms with Gasteiger partial charge in [0.05, 0.1) is 14.2 Å². The zero-order chi connectivity index (χ0) is 13.7. The number of likely N-dealkylation sites (tertiary alicyclic amines) is 1. The molecule has 19 heavy (non-hydrogen) atoms. The normalized spacial score (nSPS) is 16.4. The number of ether oxygens (including phenoxy) is 2. The molecule has 104 valence electrons. The number of carbonyl (C=O) groups excluding carboxylic acids is 1. The molecule has 1 fully saturated rings. The molecule has 1 aromatic carbocycles. The Morgan fingerprint density at radius 2 is 1.79 bits per heavy atom. The van der Waals surface area contributed by atoms with Crippen LogP contribution in [0.4, 0.5) is 0 Å². The second-order valence-corrected chi connectivity index (χ2v) is 4.82. The van der Waals surface area contributed by atoms with Gasteiger partial charge in [-0.2, -0.15) is 0 Å². The monoisotopic (exact) mass is 263 g/mol. The lowest BCUT2D eigenvalue weighted by atomic mass is 10.1. The van der Waals surface area contributed by atoms with Crippen molar-refractivity contribution in [2.45, 2.75) is 19.3 Å². The van der Waals surface area contributed by atoms with Crippen molar-refractivity contribution in [2.75, 3.05) is 33.9 Å². The van der Waals surface area contributed by atoms with Crippen LogP contribution in [0.5, 0.6) is 11.5 Å². The van der Waals surface area contributed by atoms with E-state index in [2.05, 4.69) is 11.0 Å². The van der Waals surface area contributed by atoms with Crippen LogP contribution in [0.2, 0.25) is 0 Å². The van der Waals surface area contributed by atoms with E-state index >= 15 is 0 Å². The summed E-state index contributed by atoms with van der Waals surface area (Å²) in [5, 5.41) is 0. The first kappa shape index (κ1) is 13.9. The summed E-state index contributed by atoms with van der Waals surface area (Å²) in [6.45, 7) is 2.78. The Bertz CT molecular complexity index is 435. The molecule has 0 bridgehead atoms. The minimum atomic E-state index is 0.391. The summed E-state index contributed by atoms with van der Waals surface area (Å²) in [6, 6.07) is 6.03. The van der Waals surface area contributed by atoms with Gasteiger partial charge in [0.2, 0.25) is 0 Å². The average molecular weight is 263 g/mol. The summed E-state index contributed by atoms with van der Waals surface area (Å²) in [7, 11) is 3.29. The fourth-order valence-corrected chi connectivity index (χ4v) is 2.35. The van der Waals surface area contributed by atoms with Gasteiger partial charge in [-0.3, -0.25) is 4.79 Å². The van der Waals surface area contributed by atoms with Crippen LogP contribution < -0.4 is 9.47 Å². The molecule has 4 nitrogen and oxygen atoms in total. The molecule has 0 radical (unpaired) electrons. The average Bonchev–Trinajstić information content (AvgIpc) is 2.46. The van der Waals surface area contributed by atoms with Crippen molar-refractivity contribution in [1.29, 1.82) is 0 Å². The van der Waals surface area contributed by atoms with Crippen LogP contribution in [0.25, 0.3) is 0 Å². The molecule has 0 N–H and O–H groups in total. The van der Waals surface area contributed by atoms with E-state index in [1.165, 1.54) is 5.56 Å². The van der Waals surface area contributed by atoms with Crippen molar-refractivity contribution < 1.29 is 14.3 Å². The molecule has 0 amide bonds. The van der Waals surface area contributed by atoms with Gasteiger partial charge in [-0.15, -0.1) is 0 Å². The molecule has 0 unspecified atom stereocenters. The quantitative estimate of drug-likeness (QED) is 0.813. The van der Waals surface area contributed by atoms with E-state index in [1.807, 2.05) is 12.1 Å². The summed E-state index contributed by atoms with van der Waals surface area (Å²) in [5.74, 6) is 1.92. The van der Waals surface area contributed by atoms with E-state index in [0.717, 1.165) is 37.6 Å². The van der Waals surface area contributed by atoms with Gasteiger partial charge in [0, 0.05) is 32.5 Å². The molecule has 0 saturated carbocycles. The van der Waals surface area contributed by atoms with E-state index in [0.29, 0.717) is 18.6 Å². The third-order valence-electron chi connectivity index (χ3n) is 3.58. The zero-order valence-corrected chi connectivity index (χ0v) is 11.6. The Hall–Kier alpha value is -1.55. The van der Waals surface area contributed by atoms with Gasteiger partial charge in [0.1, 0.15) is 5.78 Å². The number of benzene rings is 1. The van der Waals surface area contributed by atoms with Gasteiger partial charge in [0.25, 0.3) is 0 Å². The van der Waals surface area contributed by atoms with Crippen molar-refractivity contribution in [3.05, 3.63) is 23.8 Å². The highest BCUT2D eigenvalue weighted by atomic mass is 16.5.